The second-order valence-corrected chi connectivity index (χ2v) is 7.06. The van der Waals surface area contributed by atoms with Gasteiger partial charge in [0.1, 0.15) is 16.8 Å². The van der Waals surface area contributed by atoms with Crippen LogP contribution < -0.4 is 15.1 Å². The fraction of sp³-hybridized carbons (Fsp3) is 0.100. The monoisotopic (exact) mass is 391 g/mol. The Balaban J connectivity index is 1.83. The van der Waals surface area contributed by atoms with Crippen molar-refractivity contribution in [1.29, 1.82) is 0 Å². The minimum absolute atomic E-state index is 0.0340. The van der Waals surface area contributed by atoms with Crippen LogP contribution in [0.15, 0.2) is 63.3 Å². The second-order valence-electron chi connectivity index (χ2n) is 6.25. The lowest BCUT2D eigenvalue weighted by atomic mass is 9.98. The predicted molar refractivity (Wildman–Crippen MR) is 104 cm³/mol. The van der Waals surface area contributed by atoms with E-state index in [1.165, 1.54) is 16.2 Å². The molecule has 0 fully saturated rings. The number of carbonyl (C=O) groups excluding carboxylic acids is 1. The summed E-state index contributed by atoms with van der Waals surface area (Å²) in [5, 5.41) is 8.72. The molecule has 0 unspecified atom stereocenters. The van der Waals surface area contributed by atoms with E-state index >= 15 is 0 Å². The zero-order chi connectivity index (χ0) is 19.3. The van der Waals surface area contributed by atoms with E-state index in [1.54, 1.807) is 49.0 Å². The van der Waals surface area contributed by atoms with Crippen molar-refractivity contribution in [3.63, 3.8) is 0 Å². The number of para-hydroxylation sites is 1. The molecule has 3 heterocycles. The maximum absolute atomic E-state index is 13.3. The molecule has 0 radical (unpaired) electrons. The number of benzene rings is 2. The predicted octanol–water partition coefficient (Wildman–Crippen LogP) is 3.40. The first-order valence-corrected chi connectivity index (χ1v) is 9.36. The number of carbonyl (C=O) groups is 1. The van der Waals surface area contributed by atoms with Crippen LogP contribution in [0.25, 0.3) is 11.0 Å². The van der Waals surface area contributed by atoms with Gasteiger partial charge in [-0.2, -0.15) is 0 Å². The third kappa shape index (κ3) is 2.35. The van der Waals surface area contributed by atoms with Gasteiger partial charge in [0, 0.05) is 0 Å². The molecule has 5 rings (SSSR count). The highest BCUT2D eigenvalue weighted by atomic mass is 32.1. The first kappa shape index (κ1) is 16.6. The van der Waals surface area contributed by atoms with Crippen molar-refractivity contribution in [3.8, 4) is 5.75 Å². The minimum atomic E-state index is -0.675. The molecule has 8 heteroatoms. The highest BCUT2D eigenvalue weighted by molar-refractivity contribution is 7.13. The largest absolute Gasteiger partial charge is 0.497 e. The molecule has 1 aliphatic rings. The van der Waals surface area contributed by atoms with Gasteiger partial charge >= 0.3 is 0 Å². The summed E-state index contributed by atoms with van der Waals surface area (Å²) in [7, 11) is 1.57. The molecule has 4 aromatic rings. The van der Waals surface area contributed by atoms with Gasteiger partial charge in [-0.05, 0) is 29.8 Å². The maximum Gasteiger partial charge on any atom is 0.297 e. The maximum atomic E-state index is 13.3. The normalized spacial score (nSPS) is 15.8. The molecule has 1 atom stereocenters. The number of hydrogen-bond acceptors (Lipinski definition) is 7. The zero-order valence-electron chi connectivity index (χ0n) is 14.7. The molecule has 28 heavy (non-hydrogen) atoms. The van der Waals surface area contributed by atoms with Crippen molar-refractivity contribution < 1.29 is 13.9 Å². The summed E-state index contributed by atoms with van der Waals surface area (Å²) in [5.41, 5.74) is 2.71. The third-order valence-electron chi connectivity index (χ3n) is 4.74. The van der Waals surface area contributed by atoms with E-state index in [9.17, 15) is 9.59 Å². The summed E-state index contributed by atoms with van der Waals surface area (Å²) in [6.07, 6.45) is 0. The molecular weight excluding hydrogens is 378 g/mol. The molecule has 0 N–H and O–H groups in total. The Morgan fingerprint density at radius 2 is 2.00 bits per heavy atom. The SMILES string of the molecule is COc1cccc([C@@H]2c3c(oc4ccccc4c3=O)C(=O)N2c2nncs2)c1. The summed E-state index contributed by atoms with van der Waals surface area (Å²) in [6.45, 7) is 0. The summed E-state index contributed by atoms with van der Waals surface area (Å²) in [6, 6.07) is 13.5. The molecule has 1 aliphatic heterocycles. The summed E-state index contributed by atoms with van der Waals surface area (Å²) in [5.74, 6) is 0.245. The fourth-order valence-corrected chi connectivity index (χ4v) is 4.10. The van der Waals surface area contributed by atoms with Crippen molar-refractivity contribution >= 4 is 33.3 Å². The molecule has 7 nitrogen and oxygen atoms in total. The Morgan fingerprint density at radius 1 is 1.14 bits per heavy atom. The Hall–Kier alpha value is -3.52. The first-order valence-electron chi connectivity index (χ1n) is 8.48. The lowest BCUT2D eigenvalue weighted by molar-refractivity contribution is 0.0970. The van der Waals surface area contributed by atoms with Crippen LogP contribution in [0.2, 0.25) is 0 Å². The first-order chi connectivity index (χ1) is 13.7. The molecular formula is C20H13N3O4S. The van der Waals surface area contributed by atoms with E-state index in [0.29, 0.717) is 27.4 Å². The number of methoxy groups -OCH3 is 1. The minimum Gasteiger partial charge on any atom is -0.497 e. The van der Waals surface area contributed by atoms with Gasteiger partial charge in [-0.1, -0.05) is 35.6 Å². The van der Waals surface area contributed by atoms with Gasteiger partial charge in [-0.15, -0.1) is 10.2 Å². The van der Waals surface area contributed by atoms with E-state index in [0.717, 1.165) is 5.56 Å². The van der Waals surface area contributed by atoms with Crippen LogP contribution in [0.1, 0.15) is 27.7 Å². The fourth-order valence-electron chi connectivity index (χ4n) is 3.52. The number of nitrogens with zero attached hydrogens (tertiary/aromatic N) is 3. The lowest BCUT2D eigenvalue weighted by Crippen LogP contribution is -2.29. The van der Waals surface area contributed by atoms with E-state index in [1.807, 2.05) is 12.1 Å². The Morgan fingerprint density at radius 3 is 2.79 bits per heavy atom. The quantitative estimate of drug-likeness (QED) is 0.532. The van der Waals surface area contributed by atoms with Crippen LogP contribution in [0, 0.1) is 0 Å². The topological polar surface area (TPSA) is 85.5 Å². The van der Waals surface area contributed by atoms with E-state index in [2.05, 4.69) is 10.2 Å². The van der Waals surface area contributed by atoms with Crippen LogP contribution in [0.4, 0.5) is 5.13 Å². The zero-order valence-corrected chi connectivity index (χ0v) is 15.5. The summed E-state index contributed by atoms with van der Waals surface area (Å²) in [4.78, 5) is 28.0. The number of amides is 1. The van der Waals surface area contributed by atoms with Gasteiger partial charge in [0.2, 0.25) is 10.9 Å². The highest BCUT2D eigenvalue weighted by Gasteiger charge is 2.45. The third-order valence-corrected chi connectivity index (χ3v) is 5.43. The molecule has 0 aliphatic carbocycles. The van der Waals surface area contributed by atoms with Gasteiger partial charge in [0.15, 0.2) is 5.43 Å². The van der Waals surface area contributed by atoms with E-state index in [-0.39, 0.29) is 11.2 Å². The Kier molecular flexibility index (Phi) is 3.73. The van der Waals surface area contributed by atoms with Crippen molar-refractivity contribution in [3.05, 3.63) is 81.2 Å². The highest BCUT2D eigenvalue weighted by Crippen LogP contribution is 2.42. The molecule has 0 spiro atoms. The van der Waals surface area contributed by atoms with Gasteiger partial charge in [0.25, 0.3) is 5.91 Å². The molecule has 138 valence electrons. The van der Waals surface area contributed by atoms with Crippen LogP contribution >= 0.6 is 11.3 Å². The van der Waals surface area contributed by atoms with Crippen molar-refractivity contribution in [2.75, 3.05) is 12.0 Å². The molecule has 0 saturated carbocycles. The van der Waals surface area contributed by atoms with E-state index < -0.39 is 11.9 Å². The molecule has 2 aromatic carbocycles. The molecule has 2 aromatic heterocycles. The smallest absolute Gasteiger partial charge is 0.297 e. The number of aromatic nitrogens is 2. The van der Waals surface area contributed by atoms with Crippen LogP contribution in [-0.2, 0) is 0 Å². The van der Waals surface area contributed by atoms with Crippen molar-refractivity contribution in [1.82, 2.24) is 10.2 Å². The molecule has 0 saturated heterocycles. The summed E-state index contributed by atoms with van der Waals surface area (Å²) >= 11 is 1.22. The standard InChI is InChI=1S/C20H13N3O4S/c1-26-12-6-4-5-11(9-12)16-15-17(24)13-7-2-3-8-14(13)27-18(15)19(25)23(16)20-22-21-10-28-20/h2-10,16H,1H3/t16-/m1/s1. The van der Waals surface area contributed by atoms with Gasteiger partial charge < -0.3 is 9.15 Å². The number of fused-ring (bicyclic) bond motifs is 2. The van der Waals surface area contributed by atoms with Crippen LogP contribution in [0.3, 0.4) is 0 Å². The number of hydrogen-bond donors (Lipinski definition) is 0. The van der Waals surface area contributed by atoms with Gasteiger partial charge in [0.05, 0.1) is 24.1 Å². The van der Waals surface area contributed by atoms with Crippen LogP contribution in [-0.4, -0.2) is 23.2 Å². The average molecular weight is 391 g/mol. The average Bonchev–Trinajstić information content (AvgIpc) is 3.35. The number of ether oxygens (including phenoxy) is 1. The molecule has 1 amide bonds. The number of rotatable bonds is 3. The molecule has 0 bridgehead atoms. The lowest BCUT2D eigenvalue weighted by Gasteiger charge is -2.22. The Labute approximate surface area is 162 Å². The van der Waals surface area contributed by atoms with Gasteiger partial charge in [-0.25, -0.2) is 0 Å². The van der Waals surface area contributed by atoms with Crippen LogP contribution in [0.5, 0.6) is 5.75 Å². The Bertz CT molecular complexity index is 1270. The summed E-state index contributed by atoms with van der Waals surface area (Å²) < 4.78 is 11.2. The second kappa shape index (κ2) is 6.28. The van der Waals surface area contributed by atoms with Crippen molar-refractivity contribution in [2.45, 2.75) is 6.04 Å². The number of anilines is 1. The van der Waals surface area contributed by atoms with E-state index in [4.69, 9.17) is 9.15 Å². The van der Waals surface area contributed by atoms with Gasteiger partial charge in [-0.3, -0.25) is 14.5 Å². The van der Waals surface area contributed by atoms with Crippen molar-refractivity contribution in [2.24, 2.45) is 0 Å².